The van der Waals surface area contributed by atoms with Crippen LogP contribution in [0.4, 0.5) is 5.69 Å². The highest BCUT2D eigenvalue weighted by molar-refractivity contribution is 7.11. The van der Waals surface area contributed by atoms with E-state index in [1.54, 1.807) is 38.6 Å². The lowest BCUT2D eigenvalue weighted by Crippen LogP contribution is -2.17. The molecule has 0 aliphatic heterocycles. The molecule has 22 heavy (non-hydrogen) atoms. The molecule has 2 rings (SSSR count). The summed E-state index contributed by atoms with van der Waals surface area (Å²) in [6.07, 6.45) is 1.56. The number of ether oxygens (including phenoxy) is 2. The van der Waals surface area contributed by atoms with Crippen LogP contribution in [0, 0.1) is 0 Å². The predicted molar refractivity (Wildman–Crippen MR) is 86.0 cm³/mol. The molecule has 116 valence electrons. The molecule has 0 atom stereocenters. The summed E-state index contributed by atoms with van der Waals surface area (Å²) < 4.78 is 10.3. The van der Waals surface area contributed by atoms with E-state index in [2.05, 4.69) is 10.5 Å². The molecule has 2 aromatic rings. The quantitative estimate of drug-likeness (QED) is 0.629. The smallest absolute Gasteiger partial charge is 0.265 e. The van der Waals surface area contributed by atoms with Crippen molar-refractivity contribution in [2.24, 2.45) is 5.16 Å². The van der Waals surface area contributed by atoms with Crippen LogP contribution in [0.25, 0.3) is 0 Å². The van der Waals surface area contributed by atoms with Gasteiger partial charge in [0.2, 0.25) is 0 Å². The molecule has 1 amide bonds. The van der Waals surface area contributed by atoms with Gasteiger partial charge < -0.3 is 19.6 Å². The van der Waals surface area contributed by atoms with Crippen molar-refractivity contribution in [3.05, 3.63) is 40.6 Å². The lowest BCUT2D eigenvalue weighted by molar-refractivity contribution is -0.120. The third-order valence-electron chi connectivity index (χ3n) is 2.63. The Morgan fingerprint density at radius 3 is 2.59 bits per heavy atom. The van der Waals surface area contributed by atoms with Gasteiger partial charge in [0.05, 0.1) is 20.4 Å². The molecule has 0 saturated carbocycles. The molecule has 0 aliphatic rings. The molecule has 1 N–H and O–H groups in total. The van der Waals surface area contributed by atoms with Crippen molar-refractivity contribution < 1.29 is 19.1 Å². The summed E-state index contributed by atoms with van der Waals surface area (Å²) >= 11 is 1.53. The van der Waals surface area contributed by atoms with E-state index in [0.717, 1.165) is 4.88 Å². The van der Waals surface area contributed by atoms with Crippen molar-refractivity contribution in [1.82, 2.24) is 0 Å². The molecular weight excluding hydrogens is 304 g/mol. The number of carbonyl (C=O) groups is 1. The van der Waals surface area contributed by atoms with Crippen LogP contribution in [0.15, 0.2) is 40.9 Å². The minimum Gasteiger partial charge on any atom is -0.497 e. The summed E-state index contributed by atoms with van der Waals surface area (Å²) in [4.78, 5) is 17.7. The van der Waals surface area contributed by atoms with Gasteiger partial charge >= 0.3 is 0 Å². The summed E-state index contributed by atoms with van der Waals surface area (Å²) in [5.41, 5.74) is 0.562. The number of anilines is 1. The third kappa shape index (κ3) is 4.78. The van der Waals surface area contributed by atoms with E-state index in [-0.39, 0.29) is 12.5 Å². The van der Waals surface area contributed by atoms with Gasteiger partial charge in [-0.3, -0.25) is 4.79 Å². The van der Waals surface area contributed by atoms with Gasteiger partial charge in [0.25, 0.3) is 5.91 Å². The van der Waals surface area contributed by atoms with Crippen LogP contribution in [0.2, 0.25) is 0 Å². The third-order valence-corrected chi connectivity index (χ3v) is 3.44. The van der Waals surface area contributed by atoms with Crippen LogP contribution < -0.4 is 14.8 Å². The Balaban J connectivity index is 1.86. The van der Waals surface area contributed by atoms with Gasteiger partial charge in [-0.1, -0.05) is 11.2 Å². The van der Waals surface area contributed by atoms with Crippen LogP contribution >= 0.6 is 11.3 Å². The van der Waals surface area contributed by atoms with Crippen LogP contribution in [0.5, 0.6) is 11.5 Å². The van der Waals surface area contributed by atoms with Gasteiger partial charge in [-0.05, 0) is 11.4 Å². The van der Waals surface area contributed by atoms with Crippen LogP contribution in [-0.2, 0) is 9.63 Å². The second kappa shape index (κ2) is 8.04. The lowest BCUT2D eigenvalue weighted by atomic mass is 10.2. The Morgan fingerprint density at radius 1 is 1.27 bits per heavy atom. The molecule has 6 nitrogen and oxygen atoms in total. The van der Waals surface area contributed by atoms with Gasteiger partial charge in [-0.2, -0.15) is 0 Å². The number of thiophene rings is 1. The minimum atomic E-state index is -0.321. The molecule has 1 aromatic carbocycles. The Kier molecular flexibility index (Phi) is 5.79. The van der Waals surface area contributed by atoms with Crippen molar-refractivity contribution in [3.63, 3.8) is 0 Å². The molecule has 0 fully saturated rings. The Labute approximate surface area is 132 Å². The first-order valence-corrected chi connectivity index (χ1v) is 7.31. The average molecular weight is 320 g/mol. The summed E-state index contributed by atoms with van der Waals surface area (Å²) in [5.74, 6) is 0.858. The zero-order valence-electron chi connectivity index (χ0n) is 12.2. The van der Waals surface area contributed by atoms with Crippen molar-refractivity contribution in [3.8, 4) is 11.5 Å². The van der Waals surface area contributed by atoms with Gasteiger partial charge in [0, 0.05) is 28.8 Å². The number of nitrogens with zero attached hydrogens (tertiary/aromatic N) is 1. The van der Waals surface area contributed by atoms with E-state index in [1.165, 1.54) is 11.3 Å². The molecule has 0 radical (unpaired) electrons. The van der Waals surface area contributed by atoms with E-state index in [9.17, 15) is 4.79 Å². The van der Waals surface area contributed by atoms with E-state index in [0.29, 0.717) is 17.2 Å². The summed E-state index contributed by atoms with van der Waals surface area (Å²) in [5, 5.41) is 8.36. The van der Waals surface area contributed by atoms with E-state index < -0.39 is 0 Å². The van der Waals surface area contributed by atoms with Gasteiger partial charge in [0.1, 0.15) is 11.5 Å². The number of oxime groups is 1. The normalized spacial score (nSPS) is 10.5. The number of amides is 1. The highest BCUT2D eigenvalue weighted by Gasteiger charge is 2.06. The average Bonchev–Trinajstić information content (AvgIpc) is 3.04. The second-order valence-electron chi connectivity index (χ2n) is 4.17. The molecule has 0 saturated heterocycles. The van der Waals surface area contributed by atoms with Gasteiger partial charge in [-0.25, -0.2) is 0 Å². The molecule has 1 aromatic heterocycles. The molecule has 0 aliphatic carbocycles. The van der Waals surface area contributed by atoms with E-state index >= 15 is 0 Å². The first kappa shape index (κ1) is 15.8. The van der Waals surface area contributed by atoms with Crippen molar-refractivity contribution in [2.75, 3.05) is 26.1 Å². The topological polar surface area (TPSA) is 69.2 Å². The zero-order valence-corrected chi connectivity index (χ0v) is 13.1. The fourth-order valence-corrected chi connectivity index (χ4v) is 2.20. The first-order valence-electron chi connectivity index (χ1n) is 6.43. The molecule has 0 bridgehead atoms. The number of nitrogens with one attached hydrogen (secondary N) is 1. The van der Waals surface area contributed by atoms with Crippen LogP contribution in [-0.4, -0.2) is 32.9 Å². The standard InChI is InChI=1S/C15H16N2O4S/c1-19-12-6-11(7-13(8-12)20-2)17-15(18)10-21-16-9-14-4-3-5-22-14/h3-9H,10H2,1-2H3,(H,17,18)/b16-9+. The van der Waals surface area contributed by atoms with Gasteiger partial charge in [-0.15, -0.1) is 11.3 Å². The minimum absolute atomic E-state index is 0.179. The summed E-state index contributed by atoms with van der Waals surface area (Å²) in [7, 11) is 3.09. The molecule has 1 heterocycles. The number of methoxy groups -OCH3 is 2. The summed E-state index contributed by atoms with van der Waals surface area (Å²) in [6.45, 7) is -0.179. The molecular formula is C15H16N2O4S. The highest BCUT2D eigenvalue weighted by Crippen LogP contribution is 2.25. The number of hydrogen-bond donors (Lipinski definition) is 1. The fourth-order valence-electron chi connectivity index (χ4n) is 1.63. The maximum Gasteiger partial charge on any atom is 0.265 e. The summed E-state index contributed by atoms with van der Waals surface area (Å²) in [6, 6.07) is 8.91. The highest BCUT2D eigenvalue weighted by atomic mass is 32.1. The SMILES string of the molecule is COc1cc(NC(=O)CO/N=C/c2cccs2)cc(OC)c1. The second-order valence-corrected chi connectivity index (χ2v) is 5.15. The largest absolute Gasteiger partial charge is 0.497 e. The maximum atomic E-state index is 11.8. The molecule has 7 heteroatoms. The maximum absolute atomic E-state index is 11.8. The van der Waals surface area contributed by atoms with Crippen molar-refractivity contribution >= 4 is 29.1 Å². The van der Waals surface area contributed by atoms with E-state index in [1.807, 2.05) is 17.5 Å². The van der Waals surface area contributed by atoms with Crippen LogP contribution in [0.3, 0.4) is 0 Å². The molecule has 0 unspecified atom stereocenters. The number of rotatable bonds is 7. The monoisotopic (exact) mass is 320 g/mol. The number of carbonyl (C=O) groups excluding carboxylic acids is 1. The lowest BCUT2D eigenvalue weighted by Gasteiger charge is -2.09. The number of benzene rings is 1. The van der Waals surface area contributed by atoms with Crippen molar-refractivity contribution in [2.45, 2.75) is 0 Å². The fraction of sp³-hybridized carbons (Fsp3) is 0.200. The van der Waals surface area contributed by atoms with Gasteiger partial charge in [0.15, 0.2) is 6.61 Å². The molecule has 0 spiro atoms. The number of hydrogen-bond acceptors (Lipinski definition) is 6. The zero-order chi connectivity index (χ0) is 15.8. The Hall–Kier alpha value is -2.54. The van der Waals surface area contributed by atoms with Crippen molar-refractivity contribution in [1.29, 1.82) is 0 Å². The predicted octanol–water partition coefficient (Wildman–Crippen LogP) is 2.75. The Morgan fingerprint density at radius 2 is 2.00 bits per heavy atom. The van der Waals surface area contributed by atoms with E-state index in [4.69, 9.17) is 14.3 Å². The Bertz CT molecular complexity index is 619. The first-order chi connectivity index (χ1) is 10.7. The van der Waals surface area contributed by atoms with Crippen LogP contribution in [0.1, 0.15) is 4.88 Å².